The third kappa shape index (κ3) is 3.90. The number of sulfonamides is 1. The summed E-state index contributed by atoms with van der Waals surface area (Å²) in [5.41, 5.74) is 0.906. The maximum absolute atomic E-state index is 12.7. The third-order valence-electron chi connectivity index (χ3n) is 3.65. The topological polar surface area (TPSA) is 63.2 Å². The number of rotatable bonds is 5. The van der Waals surface area contributed by atoms with Crippen molar-refractivity contribution in [3.05, 3.63) is 94.0 Å². The smallest absolute Gasteiger partial charge is 0.261 e. The molecule has 0 aliphatic rings. The van der Waals surface area contributed by atoms with E-state index in [-0.39, 0.29) is 32.0 Å². The van der Waals surface area contributed by atoms with Gasteiger partial charge in [-0.1, -0.05) is 65.7 Å². The van der Waals surface area contributed by atoms with Crippen molar-refractivity contribution >= 4 is 44.7 Å². The van der Waals surface area contributed by atoms with Gasteiger partial charge in [-0.3, -0.25) is 9.52 Å². The lowest BCUT2D eigenvalue weighted by atomic mass is 10.0. The standard InChI is InChI=1S/C19H13Cl2NO3S/c20-16-11-10-14(12-17(16)21)26(24,25)22-18-9-5-4-8-15(18)19(23)13-6-2-1-3-7-13/h1-12,22H. The van der Waals surface area contributed by atoms with Crippen molar-refractivity contribution in [1.29, 1.82) is 0 Å². The van der Waals surface area contributed by atoms with E-state index in [1.165, 1.54) is 24.3 Å². The molecular weight excluding hydrogens is 393 g/mol. The van der Waals surface area contributed by atoms with Crippen LogP contribution in [0.3, 0.4) is 0 Å². The second-order valence-electron chi connectivity index (χ2n) is 5.42. The highest BCUT2D eigenvalue weighted by molar-refractivity contribution is 7.92. The van der Waals surface area contributed by atoms with Crippen LogP contribution >= 0.6 is 23.2 Å². The summed E-state index contributed by atoms with van der Waals surface area (Å²) >= 11 is 11.7. The Bertz CT molecular complexity index is 1070. The van der Waals surface area contributed by atoms with Gasteiger partial charge in [-0.05, 0) is 30.3 Å². The molecule has 0 bridgehead atoms. The maximum Gasteiger partial charge on any atom is 0.261 e. The number of nitrogens with one attached hydrogen (secondary N) is 1. The Morgan fingerprint density at radius 2 is 1.46 bits per heavy atom. The highest BCUT2D eigenvalue weighted by atomic mass is 35.5. The number of hydrogen-bond acceptors (Lipinski definition) is 3. The molecule has 0 aliphatic carbocycles. The number of ketones is 1. The summed E-state index contributed by atoms with van der Waals surface area (Å²) in [5.74, 6) is -0.280. The van der Waals surface area contributed by atoms with E-state index in [2.05, 4.69) is 4.72 Å². The molecule has 0 aliphatic heterocycles. The van der Waals surface area contributed by atoms with Gasteiger partial charge in [0.1, 0.15) is 0 Å². The normalized spacial score (nSPS) is 11.2. The molecule has 0 spiro atoms. The van der Waals surface area contributed by atoms with E-state index in [0.717, 1.165) is 0 Å². The molecule has 3 aromatic carbocycles. The molecule has 0 aromatic heterocycles. The Morgan fingerprint density at radius 1 is 0.808 bits per heavy atom. The molecule has 0 radical (unpaired) electrons. The van der Waals surface area contributed by atoms with Crippen LogP contribution in [0.1, 0.15) is 15.9 Å². The zero-order valence-electron chi connectivity index (χ0n) is 13.3. The van der Waals surface area contributed by atoms with Gasteiger partial charge in [0, 0.05) is 11.1 Å². The minimum absolute atomic E-state index is 0.0473. The fraction of sp³-hybridized carbons (Fsp3) is 0. The molecule has 0 unspecified atom stereocenters. The molecule has 0 heterocycles. The minimum Gasteiger partial charge on any atom is -0.289 e. The number of anilines is 1. The van der Waals surface area contributed by atoms with Gasteiger partial charge in [-0.15, -0.1) is 0 Å². The van der Waals surface area contributed by atoms with E-state index in [1.54, 1.807) is 48.5 Å². The van der Waals surface area contributed by atoms with Crippen LogP contribution in [0.25, 0.3) is 0 Å². The second-order valence-corrected chi connectivity index (χ2v) is 7.92. The van der Waals surface area contributed by atoms with Crippen LogP contribution in [0.2, 0.25) is 10.0 Å². The van der Waals surface area contributed by atoms with E-state index in [1.807, 2.05) is 0 Å². The van der Waals surface area contributed by atoms with Crippen LogP contribution < -0.4 is 4.72 Å². The largest absolute Gasteiger partial charge is 0.289 e. The van der Waals surface area contributed by atoms with Crippen molar-refractivity contribution in [3.8, 4) is 0 Å². The molecule has 0 amide bonds. The average molecular weight is 406 g/mol. The molecule has 0 atom stereocenters. The third-order valence-corrected chi connectivity index (χ3v) is 5.76. The SMILES string of the molecule is O=C(c1ccccc1)c1ccccc1NS(=O)(=O)c1ccc(Cl)c(Cl)c1. The summed E-state index contributed by atoms with van der Waals surface area (Å²) in [6.07, 6.45) is 0. The monoisotopic (exact) mass is 405 g/mol. The quantitative estimate of drug-likeness (QED) is 0.605. The second kappa shape index (κ2) is 7.50. The van der Waals surface area contributed by atoms with E-state index >= 15 is 0 Å². The summed E-state index contributed by atoms with van der Waals surface area (Å²) in [7, 11) is -3.94. The molecule has 1 N–H and O–H groups in total. The fourth-order valence-electron chi connectivity index (χ4n) is 2.36. The van der Waals surface area contributed by atoms with Crippen LogP contribution in [-0.2, 0) is 10.0 Å². The zero-order chi connectivity index (χ0) is 18.7. The molecular formula is C19H13Cl2NO3S. The first-order chi connectivity index (χ1) is 12.4. The summed E-state index contributed by atoms with van der Waals surface area (Å²) < 4.78 is 27.8. The Labute approximate surface area is 161 Å². The Morgan fingerprint density at radius 3 is 2.15 bits per heavy atom. The van der Waals surface area contributed by atoms with Gasteiger partial charge < -0.3 is 0 Å². The van der Waals surface area contributed by atoms with Gasteiger partial charge >= 0.3 is 0 Å². The summed E-state index contributed by atoms with van der Waals surface area (Å²) in [6.45, 7) is 0. The van der Waals surface area contributed by atoms with Crippen LogP contribution in [-0.4, -0.2) is 14.2 Å². The summed E-state index contributed by atoms with van der Waals surface area (Å²) in [4.78, 5) is 12.7. The van der Waals surface area contributed by atoms with Crippen molar-refractivity contribution in [2.75, 3.05) is 4.72 Å². The first-order valence-corrected chi connectivity index (χ1v) is 9.79. The molecule has 26 heavy (non-hydrogen) atoms. The van der Waals surface area contributed by atoms with Crippen molar-refractivity contribution < 1.29 is 13.2 Å². The van der Waals surface area contributed by atoms with Gasteiger partial charge in [-0.25, -0.2) is 8.42 Å². The van der Waals surface area contributed by atoms with Gasteiger partial charge in [0.15, 0.2) is 5.78 Å². The van der Waals surface area contributed by atoms with Gasteiger partial charge in [0.2, 0.25) is 0 Å². The summed E-state index contributed by atoms with van der Waals surface area (Å²) in [5, 5.41) is 0.383. The molecule has 132 valence electrons. The van der Waals surface area contributed by atoms with E-state index < -0.39 is 10.0 Å². The lowest BCUT2D eigenvalue weighted by Gasteiger charge is -2.12. The lowest BCUT2D eigenvalue weighted by molar-refractivity contribution is 0.103. The molecule has 0 fully saturated rings. The number of para-hydroxylation sites is 1. The first kappa shape index (κ1) is 18.5. The summed E-state index contributed by atoms with van der Waals surface area (Å²) in [6, 6.07) is 19.1. The molecule has 4 nitrogen and oxygen atoms in total. The molecule has 0 saturated heterocycles. The number of halogens is 2. The lowest BCUT2D eigenvalue weighted by Crippen LogP contribution is -2.16. The number of hydrogen-bond donors (Lipinski definition) is 1. The number of carbonyl (C=O) groups is 1. The van der Waals surface area contributed by atoms with Crippen molar-refractivity contribution in [1.82, 2.24) is 0 Å². The number of benzene rings is 3. The Hall–Kier alpha value is -2.34. The van der Waals surface area contributed by atoms with Crippen molar-refractivity contribution in [3.63, 3.8) is 0 Å². The maximum atomic E-state index is 12.7. The molecule has 3 rings (SSSR count). The van der Waals surface area contributed by atoms with E-state index in [4.69, 9.17) is 23.2 Å². The highest BCUT2D eigenvalue weighted by Gasteiger charge is 2.20. The Kier molecular flexibility index (Phi) is 5.32. The predicted molar refractivity (Wildman–Crippen MR) is 104 cm³/mol. The highest BCUT2D eigenvalue weighted by Crippen LogP contribution is 2.27. The van der Waals surface area contributed by atoms with Crippen molar-refractivity contribution in [2.45, 2.75) is 4.90 Å². The Balaban J connectivity index is 1.98. The molecule has 0 saturated carbocycles. The van der Waals surface area contributed by atoms with Crippen LogP contribution in [0.15, 0.2) is 77.7 Å². The fourth-order valence-corrected chi connectivity index (χ4v) is 3.83. The molecule has 3 aromatic rings. The average Bonchev–Trinajstić information content (AvgIpc) is 2.64. The van der Waals surface area contributed by atoms with Crippen LogP contribution in [0, 0.1) is 0 Å². The van der Waals surface area contributed by atoms with Gasteiger partial charge in [0.05, 0.1) is 20.6 Å². The van der Waals surface area contributed by atoms with Crippen molar-refractivity contribution in [2.24, 2.45) is 0 Å². The van der Waals surface area contributed by atoms with Crippen LogP contribution in [0.5, 0.6) is 0 Å². The zero-order valence-corrected chi connectivity index (χ0v) is 15.6. The van der Waals surface area contributed by atoms with Gasteiger partial charge in [-0.2, -0.15) is 0 Å². The predicted octanol–water partition coefficient (Wildman–Crippen LogP) is 5.03. The van der Waals surface area contributed by atoms with Gasteiger partial charge in [0.25, 0.3) is 10.0 Å². The first-order valence-electron chi connectivity index (χ1n) is 7.55. The molecule has 7 heteroatoms. The number of carbonyl (C=O) groups excluding carboxylic acids is 1. The minimum atomic E-state index is -3.94. The van der Waals surface area contributed by atoms with Crippen LogP contribution in [0.4, 0.5) is 5.69 Å². The van der Waals surface area contributed by atoms with E-state index in [9.17, 15) is 13.2 Å². The van der Waals surface area contributed by atoms with E-state index in [0.29, 0.717) is 5.56 Å².